The van der Waals surface area contributed by atoms with E-state index in [1.165, 1.54) is 21.9 Å². The maximum absolute atomic E-state index is 13.2. The van der Waals surface area contributed by atoms with Crippen LogP contribution in [0, 0.1) is 22.6 Å². The van der Waals surface area contributed by atoms with Crippen molar-refractivity contribution in [3.05, 3.63) is 35.6 Å². The van der Waals surface area contributed by atoms with Gasteiger partial charge in [-0.15, -0.1) is 0 Å². The Hall–Kier alpha value is -2.42. The highest BCUT2D eigenvalue weighted by Gasteiger charge is 2.58. The maximum atomic E-state index is 13.2. The van der Waals surface area contributed by atoms with Crippen molar-refractivity contribution in [3.63, 3.8) is 0 Å². The fourth-order valence-corrected chi connectivity index (χ4v) is 3.67. The van der Waals surface area contributed by atoms with Crippen molar-refractivity contribution in [2.75, 3.05) is 7.05 Å². The third-order valence-electron chi connectivity index (χ3n) is 5.10. The topological polar surface area (TPSA) is 64.4 Å². The number of hydrogen-bond acceptors (Lipinski definition) is 3. The molecule has 3 rings (SSSR count). The van der Waals surface area contributed by atoms with Crippen LogP contribution in [0.3, 0.4) is 0 Å². The Morgan fingerprint density at radius 1 is 1.26 bits per heavy atom. The van der Waals surface area contributed by atoms with Gasteiger partial charge in [0.15, 0.2) is 0 Å². The molecule has 0 aliphatic carbocycles. The van der Waals surface area contributed by atoms with Gasteiger partial charge in [0, 0.05) is 7.05 Å². The number of carbonyl (C=O) groups excluding carboxylic acids is 2. The first kappa shape index (κ1) is 15.5. The van der Waals surface area contributed by atoms with E-state index in [4.69, 9.17) is 0 Å². The van der Waals surface area contributed by atoms with E-state index in [9.17, 15) is 19.2 Å². The van der Waals surface area contributed by atoms with Crippen LogP contribution in [-0.4, -0.2) is 40.7 Å². The normalized spacial score (nSPS) is 33.6. The lowest BCUT2D eigenvalue weighted by Gasteiger charge is -2.42. The number of halogens is 1. The van der Waals surface area contributed by atoms with Crippen LogP contribution in [0.25, 0.3) is 0 Å². The van der Waals surface area contributed by atoms with Gasteiger partial charge >= 0.3 is 0 Å². The molecule has 0 spiro atoms. The first-order valence-corrected chi connectivity index (χ1v) is 7.56. The standard InChI is InChI=1S/C17H18FN3O2/c1-10-15(22)21-13(16(23)20(10)3)8-17(2,9-19)14(21)11-4-6-12(18)7-5-11/h4-7,10,13-14H,8H2,1-3H3/t10-,13+,14+,17-/m1/s1. The highest BCUT2D eigenvalue weighted by molar-refractivity contribution is 5.97. The molecule has 1 aromatic carbocycles. The monoisotopic (exact) mass is 315 g/mol. The van der Waals surface area contributed by atoms with Crippen LogP contribution >= 0.6 is 0 Å². The second-order valence-corrected chi connectivity index (χ2v) is 6.57. The van der Waals surface area contributed by atoms with Gasteiger partial charge in [0.2, 0.25) is 11.8 Å². The summed E-state index contributed by atoms with van der Waals surface area (Å²) >= 11 is 0. The maximum Gasteiger partial charge on any atom is 0.246 e. The van der Waals surface area contributed by atoms with E-state index in [-0.39, 0.29) is 24.1 Å². The summed E-state index contributed by atoms with van der Waals surface area (Å²) in [4.78, 5) is 28.3. The predicted octanol–water partition coefficient (Wildman–Crippen LogP) is 1.86. The average Bonchev–Trinajstić information content (AvgIpc) is 2.86. The number of piperazine rings is 1. The zero-order valence-corrected chi connectivity index (χ0v) is 13.3. The molecule has 2 amide bonds. The molecule has 2 aliphatic rings. The second-order valence-electron chi connectivity index (χ2n) is 6.57. The van der Waals surface area contributed by atoms with E-state index in [0.717, 1.165) is 0 Å². The third kappa shape index (κ3) is 2.11. The number of nitrogens with zero attached hydrogens (tertiary/aromatic N) is 3. The van der Waals surface area contributed by atoms with Gasteiger partial charge in [0.05, 0.1) is 17.5 Å². The van der Waals surface area contributed by atoms with Crippen LogP contribution in [0.4, 0.5) is 4.39 Å². The van der Waals surface area contributed by atoms with Gasteiger partial charge in [-0.25, -0.2) is 4.39 Å². The first-order chi connectivity index (χ1) is 10.8. The zero-order chi connectivity index (χ0) is 16.9. The van der Waals surface area contributed by atoms with Crippen molar-refractivity contribution < 1.29 is 14.0 Å². The number of fused-ring (bicyclic) bond motifs is 1. The lowest BCUT2D eigenvalue weighted by molar-refractivity contribution is -0.159. The summed E-state index contributed by atoms with van der Waals surface area (Å²) in [6.45, 7) is 3.44. The van der Waals surface area contributed by atoms with E-state index in [0.29, 0.717) is 5.56 Å². The largest absolute Gasteiger partial charge is 0.332 e. The second kappa shape index (κ2) is 5.05. The zero-order valence-electron chi connectivity index (χ0n) is 13.3. The van der Waals surface area contributed by atoms with Gasteiger partial charge in [-0.3, -0.25) is 9.59 Å². The molecule has 0 saturated carbocycles. The molecule has 2 saturated heterocycles. The van der Waals surface area contributed by atoms with Crippen LogP contribution < -0.4 is 0 Å². The molecule has 0 N–H and O–H groups in total. The summed E-state index contributed by atoms with van der Waals surface area (Å²) in [5.41, 5.74) is -0.213. The summed E-state index contributed by atoms with van der Waals surface area (Å²) in [6, 6.07) is 6.31. The predicted molar refractivity (Wildman–Crippen MR) is 80.3 cm³/mol. The molecular weight excluding hydrogens is 297 g/mol. The molecule has 1 aromatic rings. The summed E-state index contributed by atoms with van der Waals surface area (Å²) in [5, 5.41) is 9.68. The highest BCUT2D eigenvalue weighted by atomic mass is 19.1. The Morgan fingerprint density at radius 3 is 2.43 bits per heavy atom. The van der Waals surface area contributed by atoms with Gasteiger partial charge in [-0.05, 0) is 38.0 Å². The molecular formula is C17H18FN3O2. The summed E-state index contributed by atoms with van der Waals surface area (Å²) in [7, 11) is 1.61. The van der Waals surface area contributed by atoms with Crippen LogP contribution in [-0.2, 0) is 9.59 Å². The molecule has 0 aromatic heterocycles. The fourth-order valence-electron chi connectivity index (χ4n) is 3.67. The Bertz CT molecular complexity index is 712. The number of likely N-dealkylation sites (N-methyl/N-ethyl adjacent to an activating group) is 1. The number of hydrogen-bond donors (Lipinski definition) is 0. The van der Waals surface area contributed by atoms with Gasteiger partial charge < -0.3 is 9.80 Å². The fraction of sp³-hybridized carbons (Fsp3) is 0.471. The first-order valence-electron chi connectivity index (χ1n) is 7.56. The minimum atomic E-state index is -0.890. The smallest absolute Gasteiger partial charge is 0.246 e. The van der Waals surface area contributed by atoms with Crippen LogP contribution in [0.5, 0.6) is 0 Å². The molecule has 2 heterocycles. The van der Waals surface area contributed by atoms with Crippen molar-refractivity contribution in [3.8, 4) is 6.07 Å². The van der Waals surface area contributed by atoms with E-state index in [2.05, 4.69) is 6.07 Å². The SMILES string of the molecule is C[C@@H]1C(=O)N2[C@@H](c3ccc(F)cc3)[C@@](C)(C#N)C[C@H]2C(=O)N1C. The Balaban J connectivity index is 2.12. The third-order valence-corrected chi connectivity index (χ3v) is 5.10. The molecule has 2 aliphatic heterocycles. The average molecular weight is 315 g/mol. The van der Waals surface area contributed by atoms with Crippen LogP contribution in [0.1, 0.15) is 31.9 Å². The van der Waals surface area contributed by atoms with E-state index < -0.39 is 23.5 Å². The van der Waals surface area contributed by atoms with E-state index >= 15 is 0 Å². The number of nitriles is 1. The van der Waals surface area contributed by atoms with Gasteiger partial charge in [-0.2, -0.15) is 5.26 Å². The number of rotatable bonds is 1. The molecule has 2 fully saturated rings. The number of benzene rings is 1. The molecule has 0 radical (unpaired) electrons. The molecule has 6 heteroatoms. The van der Waals surface area contributed by atoms with Crippen molar-refractivity contribution in [1.82, 2.24) is 9.80 Å². The van der Waals surface area contributed by atoms with Crippen molar-refractivity contribution in [2.24, 2.45) is 5.41 Å². The summed E-state index contributed by atoms with van der Waals surface area (Å²) in [6.07, 6.45) is 0.285. The summed E-state index contributed by atoms with van der Waals surface area (Å²) < 4.78 is 13.2. The van der Waals surface area contributed by atoms with Gasteiger partial charge in [0.25, 0.3) is 0 Å². The lowest BCUT2D eigenvalue weighted by Crippen LogP contribution is -2.60. The lowest BCUT2D eigenvalue weighted by atomic mass is 9.79. The minimum absolute atomic E-state index is 0.150. The quantitative estimate of drug-likeness (QED) is 0.794. The number of carbonyl (C=O) groups is 2. The Labute approximate surface area is 134 Å². The highest BCUT2D eigenvalue weighted by Crippen LogP contribution is 2.51. The van der Waals surface area contributed by atoms with Gasteiger partial charge in [0.1, 0.15) is 17.9 Å². The van der Waals surface area contributed by atoms with Gasteiger partial charge in [-0.1, -0.05) is 12.1 Å². The molecule has 5 nitrogen and oxygen atoms in total. The molecule has 0 bridgehead atoms. The number of amides is 2. The summed E-state index contributed by atoms with van der Waals surface area (Å²) in [5.74, 6) is -0.704. The van der Waals surface area contributed by atoms with Crippen LogP contribution in [0.2, 0.25) is 0 Å². The van der Waals surface area contributed by atoms with E-state index in [1.807, 2.05) is 0 Å². The Morgan fingerprint density at radius 2 is 1.87 bits per heavy atom. The Kier molecular flexibility index (Phi) is 3.40. The van der Waals surface area contributed by atoms with Crippen molar-refractivity contribution in [1.29, 1.82) is 5.26 Å². The van der Waals surface area contributed by atoms with Crippen LogP contribution in [0.15, 0.2) is 24.3 Å². The molecule has 0 unspecified atom stereocenters. The minimum Gasteiger partial charge on any atom is -0.332 e. The van der Waals surface area contributed by atoms with Crippen molar-refractivity contribution >= 4 is 11.8 Å². The van der Waals surface area contributed by atoms with E-state index in [1.54, 1.807) is 33.0 Å². The molecule has 23 heavy (non-hydrogen) atoms. The molecule has 4 atom stereocenters. The molecule has 120 valence electrons. The van der Waals surface area contributed by atoms with Crippen molar-refractivity contribution in [2.45, 2.75) is 38.4 Å².